The van der Waals surface area contributed by atoms with Crippen molar-refractivity contribution in [3.8, 4) is 0 Å². The van der Waals surface area contributed by atoms with E-state index in [0.29, 0.717) is 0 Å². The molecule has 1 heterocycles. The number of carbonyl (C=O) groups is 1. The van der Waals surface area contributed by atoms with E-state index in [1.54, 1.807) is 0 Å². The first-order valence-corrected chi connectivity index (χ1v) is 7.89. The van der Waals surface area contributed by atoms with E-state index in [4.69, 9.17) is 5.11 Å². The molecular formula is C13H14F5NO4S. The van der Waals surface area contributed by atoms with E-state index in [0.717, 1.165) is 27.7 Å². The largest absolute Gasteiger partial charge is 0.478 e. The molecule has 0 saturated heterocycles. The highest BCUT2D eigenvalue weighted by molar-refractivity contribution is 7.92. The van der Waals surface area contributed by atoms with Gasteiger partial charge in [-0.3, -0.25) is 0 Å². The summed E-state index contributed by atoms with van der Waals surface area (Å²) >= 11 is 0. The lowest BCUT2D eigenvalue weighted by atomic mass is 10.1. The normalized spacial score (nSPS) is 13.4. The van der Waals surface area contributed by atoms with Gasteiger partial charge in [-0.05, 0) is 33.3 Å². The summed E-state index contributed by atoms with van der Waals surface area (Å²) in [4.78, 5) is 12.7. The Bertz CT molecular complexity index is 779. The number of sulfone groups is 1. The van der Waals surface area contributed by atoms with E-state index in [1.807, 2.05) is 0 Å². The molecule has 136 valence electrons. The smallest absolute Gasteiger partial charge is 0.434 e. The number of alkyl halides is 5. The number of rotatable bonds is 3. The summed E-state index contributed by atoms with van der Waals surface area (Å²) in [6.07, 6.45) is -8.98. The van der Waals surface area contributed by atoms with Crippen molar-refractivity contribution < 1.29 is 40.3 Å². The first-order valence-electron chi connectivity index (χ1n) is 6.41. The van der Waals surface area contributed by atoms with Gasteiger partial charge in [0.05, 0.1) is 15.2 Å². The summed E-state index contributed by atoms with van der Waals surface area (Å²) in [5, 5.41) is 9.01. The highest BCUT2D eigenvalue weighted by Gasteiger charge is 2.44. The number of halogens is 5. The molecule has 0 unspecified atom stereocenters. The lowest BCUT2D eigenvalue weighted by molar-refractivity contribution is -0.142. The molecule has 0 spiro atoms. The van der Waals surface area contributed by atoms with Crippen LogP contribution >= 0.6 is 0 Å². The van der Waals surface area contributed by atoms with E-state index in [-0.39, 0.29) is 0 Å². The number of carboxylic acids is 1. The van der Waals surface area contributed by atoms with Crippen molar-refractivity contribution >= 4 is 15.8 Å². The number of hydrogen-bond acceptors (Lipinski definition) is 4. The fourth-order valence-electron chi connectivity index (χ4n) is 1.97. The minimum atomic E-state index is -5.34. The number of nitrogens with zero attached hydrogens (tertiary/aromatic N) is 1. The van der Waals surface area contributed by atoms with Crippen LogP contribution in [0.5, 0.6) is 0 Å². The topological polar surface area (TPSA) is 84.3 Å². The van der Waals surface area contributed by atoms with Gasteiger partial charge in [0.1, 0.15) is 5.69 Å². The summed E-state index contributed by atoms with van der Waals surface area (Å²) in [5.74, 6) is -2.11. The monoisotopic (exact) mass is 375 g/mol. The summed E-state index contributed by atoms with van der Waals surface area (Å²) in [6, 6.07) is 0. The predicted molar refractivity (Wildman–Crippen MR) is 72.8 cm³/mol. The third kappa shape index (κ3) is 3.35. The van der Waals surface area contributed by atoms with Crippen LogP contribution in [-0.2, 0) is 16.0 Å². The number of hydrogen-bond donors (Lipinski definition) is 1. The molecule has 0 aliphatic heterocycles. The molecule has 5 nitrogen and oxygen atoms in total. The Morgan fingerprint density at radius 2 is 1.62 bits per heavy atom. The fourth-order valence-corrected chi connectivity index (χ4v) is 3.50. The maximum atomic E-state index is 13.2. The Morgan fingerprint density at radius 1 is 1.17 bits per heavy atom. The number of aromatic carboxylic acids is 1. The number of aromatic nitrogens is 1. The van der Waals surface area contributed by atoms with Crippen LogP contribution in [0.3, 0.4) is 0 Å². The van der Waals surface area contributed by atoms with Crippen molar-refractivity contribution in [1.29, 1.82) is 0 Å². The van der Waals surface area contributed by atoms with Crippen molar-refractivity contribution in [3.05, 3.63) is 22.5 Å². The Kier molecular flexibility index (Phi) is 5.01. The molecule has 0 aromatic carbocycles. The summed E-state index contributed by atoms with van der Waals surface area (Å²) in [7, 11) is -4.57. The molecule has 0 saturated carbocycles. The Labute approximate surface area is 134 Å². The van der Waals surface area contributed by atoms with Crippen molar-refractivity contribution in [2.45, 2.75) is 49.9 Å². The quantitative estimate of drug-likeness (QED) is 0.816. The van der Waals surface area contributed by atoms with Gasteiger partial charge < -0.3 is 5.11 Å². The molecular weight excluding hydrogens is 361 g/mol. The van der Waals surface area contributed by atoms with Crippen LogP contribution in [0, 0.1) is 6.92 Å². The van der Waals surface area contributed by atoms with Crippen molar-refractivity contribution in [1.82, 2.24) is 4.98 Å². The van der Waals surface area contributed by atoms with Crippen LogP contribution < -0.4 is 0 Å². The molecule has 0 radical (unpaired) electrons. The highest BCUT2D eigenvalue weighted by atomic mass is 32.2. The molecule has 1 N–H and O–H groups in total. The summed E-state index contributed by atoms with van der Waals surface area (Å²) in [5.41, 5.74) is -6.06. The molecule has 11 heteroatoms. The second-order valence-corrected chi connectivity index (χ2v) is 8.53. The van der Waals surface area contributed by atoms with E-state index in [1.165, 1.54) is 0 Å². The Balaban J connectivity index is 4.13. The van der Waals surface area contributed by atoms with E-state index < -0.39 is 60.6 Å². The summed E-state index contributed by atoms with van der Waals surface area (Å²) in [6.45, 7) is 4.18. The van der Waals surface area contributed by atoms with Crippen LogP contribution in [-0.4, -0.2) is 29.2 Å². The minimum Gasteiger partial charge on any atom is -0.478 e. The molecule has 24 heavy (non-hydrogen) atoms. The van der Waals surface area contributed by atoms with Crippen LogP contribution in [0.25, 0.3) is 0 Å². The minimum absolute atomic E-state index is 0.741. The zero-order valence-electron chi connectivity index (χ0n) is 13.0. The molecule has 1 aromatic rings. The van der Waals surface area contributed by atoms with Gasteiger partial charge in [-0.1, -0.05) is 0 Å². The van der Waals surface area contributed by atoms with E-state index in [2.05, 4.69) is 4.98 Å². The summed E-state index contributed by atoms with van der Waals surface area (Å²) < 4.78 is 88.6. The van der Waals surface area contributed by atoms with Gasteiger partial charge in [0.2, 0.25) is 0 Å². The van der Waals surface area contributed by atoms with E-state index >= 15 is 0 Å². The van der Waals surface area contributed by atoms with Crippen LogP contribution in [0.4, 0.5) is 22.0 Å². The van der Waals surface area contributed by atoms with Crippen molar-refractivity contribution in [2.24, 2.45) is 0 Å². The van der Waals surface area contributed by atoms with Gasteiger partial charge in [-0.25, -0.2) is 27.0 Å². The Hall–Kier alpha value is -1.78. The standard InChI is InChI=1S/C13H14F5NO4S/c1-5-6(11(20)21)9(13(16,17)18)19-7(10(14)15)8(5)24(22,23)12(2,3)4/h10H,1-4H3,(H,20,21). The maximum absolute atomic E-state index is 13.2. The second kappa shape index (κ2) is 5.94. The average Bonchev–Trinajstić information content (AvgIpc) is 2.33. The molecule has 0 aliphatic rings. The van der Waals surface area contributed by atoms with Crippen LogP contribution in [0.2, 0.25) is 0 Å². The molecule has 0 atom stereocenters. The van der Waals surface area contributed by atoms with Crippen LogP contribution in [0.1, 0.15) is 54.5 Å². The number of pyridine rings is 1. The average molecular weight is 375 g/mol. The molecule has 0 aliphatic carbocycles. The van der Waals surface area contributed by atoms with Gasteiger partial charge in [0, 0.05) is 0 Å². The third-order valence-corrected chi connectivity index (χ3v) is 5.85. The fraction of sp³-hybridized carbons (Fsp3) is 0.538. The molecule has 0 amide bonds. The predicted octanol–water partition coefficient (Wildman–Crippen LogP) is 3.62. The zero-order chi connectivity index (χ0) is 19.2. The first-order chi connectivity index (χ1) is 10.5. The van der Waals surface area contributed by atoms with Crippen molar-refractivity contribution in [2.75, 3.05) is 0 Å². The molecule has 0 bridgehead atoms. The second-order valence-electron chi connectivity index (χ2n) is 5.89. The van der Waals surface area contributed by atoms with Gasteiger partial charge in [-0.2, -0.15) is 13.2 Å². The lowest BCUT2D eigenvalue weighted by Crippen LogP contribution is -2.31. The Morgan fingerprint density at radius 3 is 1.92 bits per heavy atom. The lowest BCUT2D eigenvalue weighted by Gasteiger charge is -2.24. The van der Waals surface area contributed by atoms with Gasteiger partial charge in [0.15, 0.2) is 15.5 Å². The molecule has 1 aromatic heterocycles. The molecule has 1 rings (SSSR count). The van der Waals surface area contributed by atoms with Crippen LogP contribution in [0.15, 0.2) is 4.90 Å². The maximum Gasteiger partial charge on any atom is 0.434 e. The zero-order valence-corrected chi connectivity index (χ0v) is 13.8. The SMILES string of the molecule is Cc1c(C(=O)O)c(C(F)(F)F)nc(C(F)F)c1S(=O)(=O)C(C)(C)C. The first kappa shape index (κ1) is 20.3. The van der Waals surface area contributed by atoms with Gasteiger partial charge in [-0.15, -0.1) is 0 Å². The van der Waals surface area contributed by atoms with Gasteiger partial charge in [0.25, 0.3) is 6.43 Å². The highest BCUT2D eigenvalue weighted by Crippen LogP contribution is 2.40. The third-order valence-electron chi connectivity index (χ3n) is 3.18. The van der Waals surface area contributed by atoms with Crippen molar-refractivity contribution in [3.63, 3.8) is 0 Å². The molecule has 0 fully saturated rings. The van der Waals surface area contributed by atoms with Gasteiger partial charge >= 0.3 is 12.1 Å². The van der Waals surface area contributed by atoms with E-state index in [9.17, 15) is 35.2 Å². The number of carboxylic acid groups (broad SMARTS) is 1.